The van der Waals surface area contributed by atoms with Crippen molar-refractivity contribution >= 4 is 23.2 Å². The van der Waals surface area contributed by atoms with Crippen LogP contribution in [0.5, 0.6) is 11.5 Å². The maximum Gasteiger partial charge on any atom is 0.420 e. The van der Waals surface area contributed by atoms with Crippen molar-refractivity contribution in [2.45, 2.75) is 12.4 Å². The van der Waals surface area contributed by atoms with Crippen molar-refractivity contribution in [1.29, 1.82) is 0 Å². The average molecular weight is 961 g/mol. The molecule has 12 heteroatoms. The van der Waals surface area contributed by atoms with Crippen LogP contribution in [0, 0.1) is 47.4 Å². The SMILES string of the molecule is O=C(Nc1cc(-c2cc(NC(=O)c3cc(C#Cc4ccccc4)cc(C#Cc4ccccc4)c3)c(O)c(C(F)(F)F)c2)cc(C(F)(F)F)c1O)c1cc(C#Cc2ccccc2)cc(C#Cc2ccccc2)c1. The van der Waals surface area contributed by atoms with Crippen LogP contribution in [0.3, 0.4) is 0 Å². The molecule has 0 atom stereocenters. The van der Waals surface area contributed by atoms with Gasteiger partial charge in [0.1, 0.15) is 0 Å². The van der Waals surface area contributed by atoms with E-state index in [-0.39, 0.29) is 11.1 Å². The van der Waals surface area contributed by atoms with E-state index in [0.717, 1.165) is 12.1 Å². The van der Waals surface area contributed by atoms with Gasteiger partial charge in [0, 0.05) is 55.6 Å². The predicted molar refractivity (Wildman–Crippen MR) is 264 cm³/mol. The molecule has 4 N–H and O–H groups in total. The third kappa shape index (κ3) is 12.4. The van der Waals surface area contributed by atoms with E-state index in [2.05, 4.69) is 58.0 Å². The van der Waals surface area contributed by atoms with Gasteiger partial charge in [0.2, 0.25) is 0 Å². The minimum absolute atomic E-state index is 0.135. The molecule has 72 heavy (non-hydrogen) atoms. The Morgan fingerprint density at radius 3 is 0.847 bits per heavy atom. The molecular weight excluding hydrogens is 927 g/mol. The van der Waals surface area contributed by atoms with E-state index in [1.807, 2.05) is 0 Å². The second-order valence-corrected chi connectivity index (χ2v) is 15.8. The Bertz CT molecular complexity index is 3230. The number of carbonyl (C=O) groups is 2. The molecule has 0 fully saturated rings. The van der Waals surface area contributed by atoms with Crippen molar-refractivity contribution in [2.24, 2.45) is 0 Å². The molecule has 0 unspecified atom stereocenters. The van der Waals surface area contributed by atoms with Gasteiger partial charge in [-0.3, -0.25) is 9.59 Å². The number of halogens is 6. The highest BCUT2D eigenvalue weighted by molar-refractivity contribution is 6.07. The summed E-state index contributed by atoms with van der Waals surface area (Å²) in [5.74, 6) is 18.8. The zero-order chi connectivity index (χ0) is 50.8. The smallest absolute Gasteiger partial charge is 0.420 e. The first-order valence-electron chi connectivity index (χ1n) is 21.7. The van der Waals surface area contributed by atoms with E-state index in [4.69, 9.17) is 0 Å². The molecular formula is C60H34F6N2O4. The standard InChI is InChI=1S/C60H34F6N2O4/c61-59(62,63)51-35-47(37-53(55(51)69)67-57(71)49-31-43(25-21-39-13-5-1-6-14-39)29-44(32-49)26-22-40-15-7-2-8-16-40)48-36-52(60(64,65)66)56(70)54(38-48)68-58(72)50-33-45(27-23-41-17-9-3-10-18-41)30-46(34-50)28-24-42-19-11-4-12-20-42/h1-20,29-38,69-70H,(H,67,71)(H,68,72). The van der Waals surface area contributed by atoms with E-state index in [1.54, 1.807) is 133 Å². The van der Waals surface area contributed by atoms with Gasteiger partial charge >= 0.3 is 12.4 Å². The van der Waals surface area contributed by atoms with E-state index in [0.29, 0.717) is 56.6 Å². The highest BCUT2D eigenvalue weighted by Gasteiger charge is 2.38. The minimum atomic E-state index is -5.30. The summed E-state index contributed by atoms with van der Waals surface area (Å²) in [7, 11) is 0. The van der Waals surface area contributed by atoms with E-state index < -0.39 is 69.3 Å². The van der Waals surface area contributed by atoms with Crippen molar-refractivity contribution < 1.29 is 46.1 Å². The lowest BCUT2D eigenvalue weighted by atomic mass is 9.97. The lowest BCUT2D eigenvalue weighted by Crippen LogP contribution is -2.15. The predicted octanol–water partition coefficient (Wildman–Crippen LogP) is 12.9. The molecule has 0 saturated heterocycles. The molecule has 0 aliphatic rings. The van der Waals surface area contributed by atoms with Crippen LogP contribution in [0.25, 0.3) is 11.1 Å². The third-order valence-corrected chi connectivity index (χ3v) is 10.6. The molecule has 0 aromatic heterocycles. The average Bonchev–Trinajstić information content (AvgIpc) is 3.37. The Kier molecular flexibility index (Phi) is 14.3. The number of aromatic hydroxyl groups is 2. The molecule has 8 aromatic carbocycles. The Labute approximate surface area is 409 Å². The van der Waals surface area contributed by atoms with Crippen molar-refractivity contribution in [3.05, 3.63) is 249 Å². The number of phenols is 2. The fourth-order valence-corrected chi connectivity index (χ4v) is 7.08. The van der Waals surface area contributed by atoms with Gasteiger partial charge in [-0.1, -0.05) is 120 Å². The van der Waals surface area contributed by atoms with Crippen molar-refractivity contribution in [1.82, 2.24) is 0 Å². The van der Waals surface area contributed by atoms with Crippen LogP contribution in [-0.4, -0.2) is 22.0 Å². The molecule has 0 saturated carbocycles. The number of amides is 2. The van der Waals surface area contributed by atoms with Gasteiger partial charge in [-0.15, -0.1) is 0 Å². The van der Waals surface area contributed by atoms with Gasteiger partial charge < -0.3 is 20.8 Å². The lowest BCUT2D eigenvalue weighted by Gasteiger charge is -2.19. The number of carbonyl (C=O) groups excluding carboxylic acids is 2. The monoisotopic (exact) mass is 960 g/mol. The number of hydrogen-bond acceptors (Lipinski definition) is 4. The Balaban J connectivity index is 1.18. The van der Waals surface area contributed by atoms with Gasteiger partial charge in [-0.25, -0.2) is 0 Å². The van der Waals surface area contributed by atoms with Gasteiger partial charge in [-0.05, 0) is 120 Å². The first-order valence-corrected chi connectivity index (χ1v) is 21.7. The molecule has 0 spiro atoms. The fraction of sp³-hybridized carbons (Fsp3) is 0.0333. The molecule has 0 aliphatic heterocycles. The Morgan fingerprint density at radius 1 is 0.347 bits per heavy atom. The number of alkyl halides is 6. The quantitative estimate of drug-likeness (QED) is 0.0785. The number of nitrogens with one attached hydrogen (secondary N) is 2. The number of phenolic OH excluding ortho intramolecular Hbond substituents is 2. The van der Waals surface area contributed by atoms with Crippen LogP contribution >= 0.6 is 0 Å². The molecule has 8 aromatic rings. The van der Waals surface area contributed by atoms with Crippen molar-refractivity contribution in [3.63, 3.8) is 0 Å². The molecule has 350 valence electrons. The summed E-state index contributed by atoms with van der Waals surface area (Å²) in [6, 6.07) is 46.7. The zero-order valence-corrected chi connectivity index (χ0v) is 37.3. The maximum absolute atomic E-state index is 14.7. The third-order valence-electron chi connectivity index (χ3n) is 10.6. The van der Waals surface area contributed by atoms with Crippen LogP contribution in [0.15, 0.2) is 182 Å². The highest BCUT2D eigenvalue weighted by Crippen LogP contribution is 2.47. The fourth-order valence-electron chi connectivity index (χ4n) is 7.08. The Hall–Kier alpha value is -9.88. The van der Waals surface area contributed by atoms with Crippen LogP contribution in [0.2, 0.25) is 0 Å². The van der Waals surface area contributed by atoms with E-state index >= 15 is 0 Å². The van der Waals surface area contributed by atoms with Crippen LogP contribution in [0.1, 0.15) is 76.4 Å². The summed E-state index contributed by atoms with van der Waals surface area (Å²) in [5, 5.41) is 26.6. The zero-order valence-electron chi connectivity index (χ0n) is 37.3. The van der Waals surface area contributed by atoms with Gasteiger partial charge in [0.05, 0.1) is 22.5 Å². The molecule has 0 bridgehead atoms. The summed E-state index contributed by atoms with van der Waals surface area (Å²) >= 11 is 0. The number of anilines is 2. The van der Waals surface area contributed by atoms with Crippen LogP contribution < -0.4 is 10.6 Å². The molecule has 8 rings (SSSR count). The summed E-state index contributed by atoms with van der Waals surface area (Å²) in [5.41, 5.74) is -2.72. The lowest BCUT2D eigenvalue weighted by molar-refractivity contribution is -0.139. The number of benzene rings is 8. The van der Waals surface area contributed by atoms with E-state index in [1.165, 1.54) is 24.3 Å². The van der Waals surface area contributed by atoms with E-state index in [9.17, 15) is 46.1 Å². The molecule has 0 radical (unpaired) electrons. The normalized spacial score (nSPS) is 10.7. The number of rotatable bonds is 5. The minimum Gasteiger partial charge on any atom is -0.505 e. The summed E-state index contributed by atoms with van der Waals surface area (Å²) in [6.45, 7) is 0. The second kappa shape index (κ2) is 21.2. The number of hydrogen-bond donors (Lipinski definition) is 4. The van der Waals surface area contributed by atoms with Crippen LogP contribution in [-0.2, 0) is 12.4 Å². The van der Waals surface area contributed by atoms with Crippen molar-refractivity contribution in [3.8, 4) is 70.0 Å². The van der Waals surface area contributed by atoms with Gasteiger partial charge in [-0.2, -0.15) is 26.3 Å². The summed E-state index contributed by atoms with van der Waals surface area (Å²) in [6.07, 6.45) is -10.6. The Morgan fingerprint density at radius 2 is 0.597 bits per heavy atom. The highest BCUT2D eigenvalue weighted by atomic mass is 19.4. The first kappa shape index (κ1) is 48.6. The largest absolute Gasteiger partial charge is 0.505 e. The van der Waals surface area contributed by atoms with Gasteiger partial charge in [0.15, 0.2) is 11.5 Å². The summed E-state index contributed by atoms with van der Waals surface area (Å²) in [4.78, 5) is 28.0. The second-order valence-electron chi connectivity index (χ2n) is 15.8. The van der Waals surface area contributed by atoms with Gasteiger partial charge in [0.25, 0.3) is 11.8 Å². The molecule has 6 nitrogen and oxygen atoms in total. The molecule has 0 heterocycles. The van der Waals surface area contributed by atoms with Crippen LogP contribution in [0.4, 0.5) is 37.7 Å². The maximum atomic E-state index is 14.7. The van der Waals surface area contributed by atoms with Crippen molar-refractivity contribution in [2.75, 3.05) is 10.6 Å². The topological polar surface area (TPSA) is 98.7 Å². The molecule has 0 aliphatic carbocycles. The first-order chi connectivity index (χ1) is 34.6. The summed E-state index contributed by atoms with van der Waals surface area (Å²) < 4.78 is 88.1. The molecule has 2 amide bonds.